The number of halogens is 1. The second-order valence-corrected chi connectivity index (χ2v) is 12.8. The molecule has 5 N–H and O–H groups in total. The molecular weight excluding hydrogens is 564 g/mol. The van der Waals surface area contributed by atoms with Crippen molar-refractivity contribution < 1.29 is 32.8 Å². The number of ether oxygens (including phenoxy) is 2. The smallest absolute Gasteiger partial charge is 0.323 e. The van der Waals surface area contributed by atoms with Crippen LogP contribution in [0.25, 0.3) is 11.2 Å². The van der Waals surface area contributed by atoms with Crippen LogP contribution >= 0.6 is 6.64 Å². The van der Waals surface area contributed by atoms with Gasteiger partial charge in [0.1, 0.15) is 24.0 Å². The van der Waals surface area contributed by atoms with Gasteiger partial charge in [0.15, 0.2) is 28.9 Å². The number of carbonyl (C=O) groups is 1. The van der Waals surface area contributed by atoms with Gasteiger partial charge in [0.25, 0.3) is 0 Å². The number of hydrogen-bond donors (Lipinski definition) is 4. The summed E-state index contributed by atoms with van der Waals surface area (Å²) in [6, 6.07) is 7.77. The van der Waals surface area contributed by atoms with Crippen LogP contribution in [0, 0.1) is 0 Å². The first-order chi connectivity index (χ1) is 18.8. The molecule has 0 bridgehead atoms. The van der Waals surface area contributed by atoms with Crippen LogP contribution in [0.3, 0.4) is 0 Å². The maximum absolute atomic E-state index is 16.0. The van der Waals surface area contributed by atoms with E-state index in [0.29, 0.717) is 17.1 Å². The number of rotatable bonds is 11. The number of nitrogens with zero attached hydrogens (tertiary/aromatic N) is 4. The molecule has 1 aliphatic rings. The largest absolute Gasteiger partial charge is 0.462 e. The van der Waals surface area contributed by atoms with E-state index in [9.17, 15) is 9.90 Å². The summed E-state index contributed by atoms with van der Waals surface area (Å²) in [6.07, 6.45) is -3.12. The monoisotopic (exact) mass is 597 g/mol. The Balaban J connectivity index is 1.56. The number of nitrogen functional groups attached to an aromatic ring is 1. The quantitative estimate of drug-likeness (QED) is 0.188. The van der Waals surface area contributed by atoms with Gasteiger partial charge in [-0.3, -0.25) is 9.36 Å². The number of anilines is 2. The number of imidazole rings is 1. The van der Waals surface area contributed by atoms with Gasteiger partial charge in [-0.15, -0.1) is 0 Å². The Morgan fingerprint density at radius 2 is 2.02 bits per heavy atom. The molecule has 1 fully saturated rings. The molecule has 3 heterocycles. The lowest BCUT2D eigenvalue weighted by Gasteiger charge is -2.28. The topological polar surface area (TPSA) is 168 Å². The molecule has 3 aromatic rings. The summed E-state index contributed by atoms with van der Waals surface area (Å²) in [5.41, 5.74) is 4.11. The van der Waals surface area contributed by atoms with Crippen molar-refractivity contribution in [3.05, 3.63) is 36.7 Å². The third kappa shape index (κ3) is 6.35. The van der Waals surface area contributed by atoms with Crippen LogP contribution in [0.2, 0.25) is 0 Å². The average Bonchev–Trinajstić information content (AvgIpc) is 3.40. The highest BCUT2D eigenvalue weighted by Crippen LogP contribution is 2.48. The SMILES string of the molecule is CNc1nc(N)nc2c1ncn2C1OC(CO[P@](=S)(N[C@@H](C)C(=O)OC(C)C)Oc2ccccc2)[C@@H](O)[C@@]1(C)F. The first kappa shape index (κ1) is 30.0. The number of esters is 1. The maximum atomic E-state index is 16.0. The molecule has 218 valence electrons. The van der Waals surface area contributed by atoms with Crippen molar-refractivity contribution in [3.63, 3.8) is 0 Å². The Morgan fingerprint density at radius 1 is 1.32 bits per heavy atom. The summed E-state index contributed by atoms with van der Waals surface area (Å²) in [7, 11) is 1.64. The van der Waals surface area contributed by atoms with Crippen LogP contribution in [0.5, 0.6) is 5.75 Å². The summed E-state index contributed by atoms with van der Waals surface area (Å²) in [5.74, 6) is 0.154. The molecule has 16 heteroatoms. The normalized spacial score (nSPS) is 25.1. The molecule has 1 aliphatic heterocycles. The number of hydrogen-bond acceptors (Lipinski definition) is 12. The van der Waals surface area contributed by atoms with E-state index in [-0.39, 0.29) is 24.3 Å². The molecule has 2 unspecified atom stereocenters. The maximum Gasteiger partial charge on any atom is 0.323 e. The van der Waals surface area contributed by atoms with Crippen LogP contribution in [-0.2, 0) is 30.6 Å². The first-order valence-corrected chi connectivity index (χ1v) is 15.2. The van der Waals surface area contributed by atoms with Crippen molar-refractivity contribution >= 4 is 47.3 Å². The molecule has 0 aliphatic carbocycles. The first-order valence-electron chi connectivity index (χ1n) is 12.5. The number of nitrogens with one attached hydrogen (secondary N) is 2. The second kappa shape index (κ2) is 11.9. The van der Waals surface area contributed by atoms with Crippen molar-refractivity contribution in [1.82, 2.24) is 24.6 Å². The standard InChI is InChI=1S/C24H33FN7O6PS/c1-13(2)36-21(34)14(3)31-39(40,38-15-9-7-6-8-10-15)35-11-16-18(33)24(4,25)22(37-16)32-12-28-17-19(27-5)29-23(26)30-20(17)32/h6-10,12-14,16,18,22,33H,11H2,1-5H3,(H,31,40)(H3,26,27,29,30)/t14-,16?,18+,22?,24+,39+/m0/s1. The molecule has 0 radical (unpaired) electrons. The van der Waals surface area contributed by atoms with Crippen molar-refractivity contribution in [2.75, 3.05) is 24.7 Å². The Kier molecular flexibility index (Phi) is 8.93. The van der Waals surface area contributed by atoms with E-state index in [2.05, 4.69) is 25.4 Å². The van der Waals surface area contributed by atoms with Gasteiger partial charge in [-0.2, -0.15) is 9.97 Å². The van der Waals surface area contributed by atoms with Crippen LogP contribution in [0.15, 0.2) is 36.7 Å². The molecule has 0 saturated carbocycles. The predicted molar refractivity (Wildman–Crippen MR) is 150 cm³/mol. The van der Waals surface area contributed by atoms with Gasteiger partial charge >= 0.3 is 12.6 Å². The van der Waals surface area contributed by atoms with Crippen LogP contribution in [-0.4, -0.2) is 74.3 Å². The minimum Gasteiger partial charge on any atom is -0.462 e. The van der Waals surface area contributed by atoms with E-state index in [0.717, 1.165) is 0 Å². The molecule has 1 aromatic carbocycles. The fraction of sp³-hybridized carbons (Fsp3) is 0.500. The van der Waals surface area contributed by atoms with Gasteiger partial charge in [-0.05, 0) is 51.6 Å². The molecule has 4 rings (SSSR count). The zero-order chi connectivity index (χ0) is 29.2. The van der Waals surface area contributed by atoms with Crippen LogP contribution in [0.4, 0.5) is 16.2 Å². The fourth-order valence-electron chi connectivity index (χ4n) is 4.14. The summed E-state index contributed by atoms with van der Waals surface area (Å²) >= 11 is 5.70. The summed E-state index contributed by atoms with van der Waals surface area (Å²) in [5, 5.41) is 16.7. The summed E-state index contributed by atoms with van der Waals surface area (Å²) in [6.45, 7) is 2.42. The third-order valence-electron chi connectivity index (χ3n) is 6.08. The van der Waals surface area contributed by atoms with E-state index < -0.39 is 42.8 Å². The van der Waals surface area contributed by atoms with Gasteiger partial charge in [-0.1, -0.05) is 18.2 Å². The van der Waals surface area contributed by atoms with Crippen LogP contribution < -0.4 is 20.7 Å². The number of nitrogens with two attached hydrogens (primary N) is 1. The number of para-hydroxylation sites is 1. The minimum absolute atomic E-state index is 0.0486. The molecule has 40 heavy (non-hydrogen) atoms. The number of aliphatic hydroxyl groups excluding tert-OH is 1. The predicted octanol–water partition coefficient (Wildman–Crippen LogP) is 2.69. The highest BCUT2D eigenvalue weighted by Gasteiger charge is 2.56. The lowest BCUT2D eigenvalue weighted by Crippen LogP contribution is -2.41. The average molecular weight is 598 g/mol. The van der Waals surface area contributed by atoms with E-state index in [4.69, 9.17) is 36.1 Å². The van der Waals surface area contributed by atoms with E-state index in [1.54, 1.807) is 58.2 Å². The number of benzene rings is 1. The van der Waals surface area contributed by atoms with E-state index >= 15 is 4.39 Å². The van der Waals surface area contributed by atoms with Gasteiger partial charge in [-0.25, -0.2) is 14.5 Å². The molecule has 1 saturated heterocycles. The van der Waals surface area contributed by atoms with Gasteiger partial charge < -0.3 is 34.7 Å². The van der Waals surface area contributed by atoms with Gasteiger partial charge in [0.05, 0.1) is 19.0 Å². The summed E-state index contributed by atoms with van der Waals surface area (Å²) in [4.78, 5) is 25.0. The number of fused-ring (bicyclic) bond motifs is 1. The van der Waals surface area contributed by atoms with E-state index in [1.807, 2.05) is 0 Å². The Bertz CT molecular complexity index is 1390. The van der Waals surface area contributed by atoms with Gasteiger partial charge in [0.2, 0.25) is 5.95 Å². The second-order valence-electron chi connectivity index (χ2n) is 9.66. The van der Waals surface area contributed by atoms with Crippen molar-refractivity contribution in [2.45, 2.75) is 63.9 Å². The number of aromatic nitrogens is 4. The number of alkyl halides is 1. The van der Waals surface area contributed by atoms with Crippen molar-refractivity contribution in [3.8, 4) is 5.75 Å². The molecule has 0 spiro atoms. The zero-order valence-corrected chi connectivity index (χ0v) is 24.4. The third-order valence-corrected chi connectivity index (χ3v) is 8.58. The van der Waals surface area contributed by atoms with Gasteiger partial charge in [0, 0.05) is 7.05 Å². The molecule has 2 aromatic heterocycles. The molecule has 13 nitrogen and oxygen atoms in total. The Hall–Kier alpha value is -2.94. The zero-order valence-electron chi connectivity index (χ0n) is 22.6. The fourth-order valence-corrected chi connectivity index (χ4v) is 6.55. The highest BCUT2D eigenvalue weighted by molar-refractivity contribution is 8.09. The minimum atomic E-state index is -3.45. The molecular formula is C24H33FN7O6PS. The number of aliphatic hydroxyl groups is 1. The lowest BCUT2D eigenvalue weighted by atomic mass is 9.98. The molecule has 6 atom stereocenters. The Morgan fingerprint density at radius 3 is 2.67 bits per heavy atom. The molecule has 0 amide bonds. The van der Waals surface area contributed by atoms with E-state index in [1.165, 1.54) is 17.8 Å². The lowest BCUT2D eigenvalue weighted by molar-refractivity contribution is -0.149. The van der Waals surface area contributed by atoms with Crippen LogP contribution in [0.1, 0.15) is 33.9 Å². The van der Waals surface area contributed by atoms with Crippen molar-refractivity contribution in [2.24, 2.45) is 0 Å². The number of carbonyl (C=O) groups excluding carboxylic acids is 1. The summed E-state index contributed by atoms with van der Waals surface area (Å²) < 4.78 is 40.5. The highest BCUT2D eigenvalue weighted by atomic mass is 32.5. The van der Waals surface area contributed by atoms with Crippen molar-refractivity contribution in [1.29, 1.82) is 0 Å². The Labute approximate surface area is 235 Å².